The first-order valence-corrected chi connectivity index (χ1v) is 8.33. The smallest absolute Gasteiger partial charge is 0.405 e. The quantitative estimate of drug-likeness (QED) is 0.538. The zero-order valence-electron chi connectivity index (χ0n) is 15.3. The molecular formula is C17H16F4N6O2. The second-order valence-corrected chi connectivity index (χ2v) is 6.06. The molecule has 0 aliphatic heterocycles. The molecule has 8 nitrogen and oxygen atoms in total. The number of ether oxygens (including phenoxy) is 1. The molecule has 0 aromatic carbocycles. The summed E-state index contributed by atoms with van der Waals surface area (Å²) in [6.45, 7) is -0.201. The molecule has 0 saturated heterocycles. The van der Waals surface area contributed by atoms with Gasteiger partial charge in [-0.15, -0.1) is 0 Å². The number of H-pyrrole nitrogens is 1. The number of anilines is 1. The molecule has 1 atom stereocenters. The topological polar surface area (TPSA) is 105 Å². The highest BCUT2D eigenvalue weighted by atomic mass is 19.4. The molecule has 0 aliphatic rings. The van der Waals surface area contributed by atoms with Crippen molar-refractivity contribution >= 4 is 22.8 Å². The summed E-state index contributed by atoms with van der Waals surface area (Å²) in [4.78, 5) is 26.9. The van der Waals surface area contributed by atoms with Gasteiger partial charge in [-0.3, -0.25) is 4.79 Å². The number of carbonyl (C=O) groups excluding carboxylic acids is 1. The van der Waals surface area contributed by atoms with Crippen LogP contribution < -0.4 is 15.4 Å². The normalized spacial score (nSPS) is 12.6. The minimum Gasteiger partial charge on any atom is -0.495 e. The molecule has 0 spiro atoms. The van der Waals surface area contributed by atoms with Crippen molar-refractivity contribution in [2.75, 3.05) is 19.0 Å². The second-order valence-electron chi connectivity index (χ2n) is 6.06. The van der Waals surface area contributed by atoms with Crippen LogP contribution in [0.25, 0.3) is 22.4 Å². The van der Waals surface area contributed by atoms with E-state index < -0.39 is 30.5 Å². The van der Waals surface area contributed by atoms with Gasteiger partial charge in [-0.2, -0.15) is 13.2 Å². The van der Waals surface area contributed by atoms with E-state index in [1.807, 2.05) is 0 Å². The monoisotopic (exact) mass is 412 g/mol. The number of pyridine rings is 1. The van der Waals surface area contributed by atoms with Gasteiger partial charge in [-0.05, 0) is 13.0 Å². The number of aromatic nitrogens is 4. The Balaban J connectivity index is 1.84. The Morgan fingerprint density at radius 2 is 2.07 bits per heavy atom. The van der Waals surface area contributed by atoms with Crippen LogP contribution in [0.5, 0.6) is 5.75 Å². The summed E-state index contributed by atoms with van der Waals surface area (Å²) >= 11 is 0. The summed E-state index contributed by atoms with van der Waals surface area (Å²) < 4.78 is 55.9. The summed E-state index contributed by atoms with van der Waals surface area (Å²) in [5.74, 6) is -1.52. The van der Waals surface area contributed by atoms with Gasteiger partial charge >= 0.3 is 6.18 Å². The lowest BCUT2D eigenvalue weighted by Crippen LogP contribution is -2.42. The Kier molecular flexibility index (Phi) is 5.52. The number of rotatable bonds is 6. The van der Waals surface area contributed by atoms with Crippen molar-refractivity contribution in [3.63, 3.8) is 0 Å². The van der Waals surface area contributed by atoms with E-state index in [0.717, 1.165) is 6.20 Å². The van der Waals surface area contributed by atoms with Crippen LogP contribution in [0.1, 0.15) is 6.92 Å². The molecule has 0 unspecified atom stereocenters. The number of aromatic amines is 1. The zero-order valence-corrected chi connectivity index (χ0v) is 15.3. The van der Waals surface area contributed by atoms with Crippen LogP contribution in [0.2, 0.25) is 0 Å². The second kappa shape index (κ2) is 7.89. The Morgan fingerprint density at radius 3 is 2.76 bits per heavy atom. The predicted molar refractivity (Wildman–Crippen MR) is 95.8 cm³/mol. The van der Waals surface area contributed by atoms with E-state index >= 15 is 0 Å². The number of methoxy groups -OCH3 is 1. The third-order valence-electron chi connectivity index (χ3n) is 3.94. The van der Waals surface area contributed by atoms with Crippen molar-refractivity contribution in [3.8, 4) is 17.1 Å². The summed E-state index contributed by atoms with van der Waals surface area (Å²) in [7, 11) is 1.48. The number of fused-ring (bicyclic) bond motifs is 1. The molecule has 29 heavy (non-hydrogen) atoms. The fourth-order valence-corrected chi connectivity index (χ4v) is 2.49. The van der Waals surface area contributed by atoms with Crippen molar-refractivity contribution in [3.05, 3.63) is 30.5 Å². The molecule has 154 valence electrons. The highest BCUT2D eigenvalue weighted by molar-refractivity contribution is 5.92. The maximum atomic E-state index is 14.1. The highest BCUT2D eigenvalue weighted by Crippen LogP contribution is 2.28. The number of nitrogens with zero attached hydrogens (tertiary/aromatic N) is 3. The van der Waals surface area contributed by atoms with Crippen molar-refractivity contribution in [1.29, 1.82) is 0 Å². The van der Waals surface area contributed by atoms with Crippen molar-refractivity contribution in [2.45, 2.75) is 19.1 Å². The van der Waals surface area contributed by atoms with Gasteiger partial charge in [0.1, 0.15) is 24.0 Å². The molecule has 3 N–H and O–H groups in total. The van der Waals surface area contributed by atoms with Crippen LogP contribution >= 0.6 is 0 Å². The van der Waals surface area contributed by atoms with Crippen molar-refractivity contribution in [2.24, 2.45) is 0 Å². The van der Waals surface area contributed by atoms with E-state index in [1.165, 1.54) is 20.2 Å². The first-order chi connectivity index (χ1) is 13.7. The van der Waals surface area contributed by atoms with E-state index in [9.17, 15) is 22.4 Å². The van der Waals surface area contributed by atoms with Crippen LogP contribution in [0.3, 0.4) is 0 Å². The SMILES string of the molecule is COc1cnc2[nH]cc(-c3ncc(F)c(N[C@@H](C)C(=O)NCC(F)(F)F)n3)c2c1. The minimum atomic E-state index is -4.55. The molecule has 3 rings (SSSR count). The van der Waals surface area contributed by atoms with Crippen molar-refractivity contribution in [1.82, 2.24) is 25.3 Å². The van der Waals surface area contributed by atoms with Crippen LogP contribution in [-0.2, 0) is 4.79 Å². The first kappa shape index (κ1) is 20.3. The summed E-state index contributed by atoms with van der Waals surface area (Å²) in [6.07, 6.45) is -0.555. The molecule has 3 aromatic heterocycles. The lowest BCUT2D eigenvalue weighted by Gasteiger charge is -2.16. The number of hydrogen-bond acceptors (Lipinski definition) is 6. The molecule has 3 heterocycles. The number of amides is 1. The fraction of sp³-hybridized carbons (Fsp3) is 0.294. The molecule has 12 heteroatoms. The summed E-state index contributed by atoms with van der Waals surface area (Å²) in [5.41, 5.74) is 1.03. The van der Waals surface area contributed by atoms with E-state index in [-0.39, 0.29) is 11.6 Å². The number of hydrogen-bond donors (Lipinski definition) is 3. The van der Waals surface area contributed by atoms with Gasteiger partial charge in [0, 0.05) is 17.1 Å². The summed E-state index contributed by atoms with van der Waals surface area (Å²) in [5, 5.41) is 4.81. The molecule has 1 amide bonds. The summed E-state index contributed by atoms with van der Waals surface area (Å²) in [6, 6.07) is 0.528. The standard InChI is InChI=1S/C17H16F4N6O2/c1-8(16(28)25-7-17(19,20)21)26-15-12(18)6-24-14(27-15)11-5-23-13-10(11)3-9(29-2)4-22-13/h3-6,8H,7H2,1-2H3,(H,22,23)(H,25,28)(H,24,26,27)/t8-/m0/s1. The molecular weight excluding hydrogens is 396 g/mol. The largest absolute Gasteiger partial charge is 0.495 e. The van der Waals surface area contributed by atoms with Gasteiger partial charge in [0.2, 0.25) is 5.91 Å². The van der Waals surface area contributed by atoms with Gasteiger partial charge in [0.05, 0.1) is 19.5 Å². The third-order valence-corrected chi connectivity index (χ3v) is 3.94. The number of halogens is 4. The fourth-order valence-electron chi connectivity index (χ4n) is 2.49. The lowest BCUT2D eigenvalue weighted by molar-refractivity contribution is -0.138. The molecule has 0 saturated carbocycles. The molecule has 0 aliphatic carbocycles. The zero-order chi connectivity index (χ0) is 21.2. The Hall–Kier alpha value is -3.44. The lowest BCUT2D eigenvalue weighted by atomic mass is 10.2. The van der Waals surface area contributed by atoms with Gasteiger partial charge < -0.3 is 20.4 Å². The predicted octanol–water partition coefficient (Wildman–Crippen LogP) is 2.65. The van der Waals surface area contributed by atoms with Crippen LogP contribution in [0, 0.1) is 5.82 Å². The van der Waals surface area contributed by atoms with Crippen LogP contribution in [0.15, 0.2) is 24.7 Å². The highest BCUT2D eigenvalue weighted by Gasteiger charge is 2.29. The number of carbonyl (C=O) groups is 1. The maximum absolute atomic E-state index is 14.1. The van der Waals surface area contributed by atoms with Gasteiger partial charge in [-0.1, -0.05) is 0 Å². The van der Waals surface area contributed by atoms with Crippen LogP contribution in [0.4, 0.5) is 23.4 Å². The molecule has 0 fully saturated rings. The van der Waals surface area contributed by atoms with E-state index in [2.05, 4.69) is 25.3 Å². The maximum Gasteiger partial charge on any atom is 0.405 e. The Labute approximate surface area is 161 Å². The molecule has 0 bridgehead atoms. The van der Waals surface area contributed by atoms with Gasteiger partial charge in [0.25, 0.3) is 0 Å². The third kappa shape index (κ3) is 4.70. The molecule has 3 aromatic rings. The Bertz CT molecular complexity index is 1040. The Morgan fingerprint density at radius 1 is 1.31 bits per heavy atom. The average Bonchev–Trinajstić information content (AvgIpc) is 3.10. The van der Waals surface area contributed by atoms with Crippen LogP contribution in [-0.4, -0.2) is 51.7 Å². The minimum absolute atomic E-state index is 0.123. The van der Waals surface area contributed by atoms with E-state index in [4.69, 9.17) is 4.74 Å². The van der Waals surface area contributed by atoms with Crippen molar-refractivity contribution < 1.29 is 27.1 Å². The average molecular weight is 412 g/mol. The number of alkyl halides is 3. The van der Waals surface area contributed by atoms with E-state index in [1.54, 1.807) is 17.6 Å². The van der Waals surface area contributed by atoms with Gasteiger partial charge in [-0.25, -0.2) is 19.3 Å². The first-order valence-electron chi connectivity index (χ1n) is 8.33. The van der Waals surface area contributed by atoms with Gasteiger partial charge in [0.15, 0.2) is 17.5 Å². The molecule has 0 radical (unpaired) electrons. The number of nitrogens with one attached hydrogen (secondary N) is 3. The van der Waals surface area contributed by atoms with E-state index in [0.29, 0.717) is 22.3 Å².